The third-order valence-electron chi connectivity index (χ3n) is 2.54. The summed E-state index contributed by atoms with van der Waals surface area (Å²) in [4.78, 5) is 16.3. The molecule has 0 amide bonds. The Bertz CT molecular complexity index is 580. The predicted octanol–water partition coefficient (Wildman–Crippen LogP) is 3.25. The molecule has 1 heterocycles. The van der Waals surface area contributed by atoms with Crippen LogP contribution in [0.25, 0.3) is 0 Å². The Kier molecular flexibility index (Phi) is 4.29. The molecule has 1 aromatic carbocycles. The van der Waals surface area contributed by atoms with Crippen LogP contribution in [0.2, 0.25) is 0 Å². The summed E-state index contributed by atoms with van der Waals surface area (Å²) in [5, 5.41) is 4.05. The van der Waals surface area contributed by atoms with Gasteiger partial charge in [0.2, 0.25) is 0 Å². The van der Waals surface area contributed by atoms with Crippen molar-refractivity contribution in [3.8, 4) is 0 Å². The van der Waals surface area contributed by atoms with E-state index < -0.39 is 0 Å². The average Bonchev–Trinajstić information content (AvgIpc) is 2.79. The molecular weight excluding hydrogens is 362 g/mol. The van der Waals surface area contributed by atoms with E-state index in [4.69, 9.17) is 0 Å². The van der Waals surface area contributed by atoms with Crippen molar-refractivity contribution in [1.29, 1.82) is 0 Å². The van der Waals surface area contributed by atoms with Crippen molar-refractivity contribution in [3.63, 3.8) is 0 Å². The molecule has 94 valence electrons. The Morgan fingerprint density at radius 2 is 2.17 bits per heavy atom. The molecule has 0 unspecified atom stereocenters. The molecule has 0 spiro atoms. The highest BCUT2D eigenvalue weighted by Gasteiger charge is 2.14. The van der Waals surface area contributed by atoms with Gasteiger partial charge < -0.3 is 0 Å². The van der Waals surface area contributed by atoms with Crippen molar-refractivity contribution in [2.75, 3.05) is 0 Å². The number of aromatic nitrogens is 3. The van der Waals surface area contributed by atoms with Crippen LogP contribution in [0.1, 0.15) is 23.1 Å². The molecule has 0 aliphatic heterocycles. The predicted molar refractivity (Wildman–Crippen MR) is 75.6 cm³/mol. The highest BCUT2D eigenvalue weighted by molar-refractivity contribution is 9.11. The van der Waals surface area contributed by atoms with Crippen LogP contribution in [0.4, 0.5) is 0 Å². The van der Waals surface area contributed by atoms with Crippen molar-refractivity contribution in [1.82, 2.24) is 14.8 Å². The Labute approximate surface area is 122 Å². The minimum absolute atomic E-state index is 0.0193. The molecule has 0 aliphatic rings. The molecule has 2 rings (SSSR count). The first-order valence-electron chi connectivity index (χ1n) is 5.46. The summed E-state index contributed by atoms with van der Waals surface area (Å²) in [6, 6.07) is 5.54. The molecule has 2 aromatic rings. The van der Waals surface area contributed by atoms with Crippen LogP contribution in [-0.4, -0.2) is 20.5 Å². The van der Waals surface area contributed by atoms with Crippen LogP contribution in [-0.2, 0) is 13.0 Å². The number of carbonyl (C=O) groups is 1. The zero-order valence-electron chi connectivity index (χ0n) is 9.73. The molecule has 0 atom stereocenters. The number of nitrogens with zero attached hydrogens (tertiary/aromatic N) is 3. The van der Waals surface area contributed by atoms with E-state index in [0.29, 0.717) is 17.9 Å². The van der Waals surface area contributed by atoms with Crippen molar-refractivity contribution in [3.05, 3.63) is 44.9 Å². The number of ketones is 1. The van der Waals surface area contributed by atoms with Gasteiger partial charge in [0.25, 0.3) is 0 Å². The second-order valence-electron chi connectivity index (χ2n) is 3.72. The van der Waals surface area contributed by atoms with E-state index in [-0.39, 0.29) is 12.2 Å². The van der Waals surface area contributed by atoms with Gasteiger partial charge in [0.05, 0.1) is 6.42 Å². The number of Topliss-reactive ketones (excluding diaryl/α,β-unsaturated/α-hetero) is 1. The monoisotopic (exact) mass is 371 g/mol. The highest BCUT2D eigenvalue weighted by Crippen LogP contribution is 2.22. The van der Waals surface area contributed by atoms with E-state index in [1.54, 1.807) is 10.7 Å². The first-order chi connectivity index (χ1) is 8.61. The maximum atomic E-state index is 12.2. The average molecular weight is 373 g/mol. The van der Waals surface area contributed by atoms with Crippen LogP contribution in [0.15, 0.2) is 33.5 Å². The Hall–Kier alpha value is -1.01. The molecule has 0 saturated heterocycles. The standard InChI is InChI=1S/C12H11Br2N3O/c1-2-17-12(15-7-16-17)6-11(18)9-5-8(13)3-4-10(9)14/h3-5,7H,2,6H2,1H3. The summed E-state index contributed by atoms with van der Waals surface area (Å²) in [5.41, 5.74) is 0.648. The van der Waals surface area contributed by atoms with Gasteiger partial charge in [-0.25, -0.2) is 9.67 Å². The fourth-order valence-electron chi connectivity index (χ4n) is 1.64. The number of aryl methyl sites for hydroxylation is 1. The van der Waals surface area contributed by atoms with Crippen LogP contribution in [0.3, 0.4) is 0 Å². The van der Waals surface area contributed by atoms with E-state index in [1.165, 1.54) is 6.33 Å². The number of benzene rings is 1. The molecule has 0 bridgehead atoms. The molecule has 0 aliphatic carbocycles. The SMILES string of the molecule is CCn1ncnc1CC(=O)c1cc(Br)ccc1Br. The van der Waals surface area contributed by atoms with E-state index in [9.17, 15) is 4.79 Å². The van der Waals surface area contributed by atoms with Crippen molar-refractivity contribution >= 4 is 37.6 Å². The van der Waals surface area contributed by atoms with Gasteiger partial charge in [-0.05, 0) is 25.1 Å². The summed E-state index contributed by atoms with van der Waals surface area (Å²) >= 11 is 6.75. The quantitative estimate of drug-likeness (QED) is 0.774. The third-order valence-corrected chi connectivity index (χ3v) is 3.73. The summed E-state index contributed by atoms with van der Waals surface area (Å²) in [6.07, 6.45) is 1.73. The third kappa shape index (κ3) is 2.87. The van der Waals surface area contributed by atoms with E-state index in [1.807, 2.05) is 19.1 Å². The Morgan fingerprint density at radius 3 is 2.89 bits per heavy atom. The lowest BCUT2D eigenvalue weighted by molar-refractivity contribution is 0.0988. The first kappa shape index (κ1) is 13.4. The smallest absolute Gasteiger partial charge is 0.171 e. The minimum Gasteiger partial charge on any atom is -0.294 e. The lowest BCUT2D eigenvalue weighted by Gasteiger charge is -2.05. The van der Waals surface area contributed by atoms with E-state index in [0.717, 1.165) is 8.95 Å². The van der Waals surface area contributed by atoms with Crippen molar-refractivity contribution in [2.24, 2.45) is 0 Å². The van der Waals surface area contributed by atoms with Crippen LogP contribution >= 0.6 is 31.9 Å². The summed E-state index contributed by atoms with van der Waals surface area (Å²) in [7, 11) is 0. The second kappa shape index (κ2) is 5.75. The fourth-order valence-corrected chi connectivity index (χ4v) is 2.47. The lowest BCUT2D eigenvalue weighted by atomic mass is 10.1. The second-order valence-corrected chi connectivity index (χ2v) is 5.49. The van der Waals surface area contributed by atoms with Gasteiger partial charge in [-0.2, -0.15) is 5.10 Å². The Balaban J connectivity index is 2.25. The number of carbonyl (C=O) groups excluding carboxylic acids is 1. The lowest BCUT2D eigenvalue weighted by Crippen LogP contribution is -2.11. The zero-order chi connectivity index (χ0) is 13.1. The maximum Gasteiger partial charge on any atom is 0.171 e. The largest absolute Gasteiger partial charge is 0.294 e. The molecule has 6 heteroatoms. The molecule has 4 nitrogen and oxygen atoms in total. The van der Waals surface area contributed by atoms with Gasteiger partial charge in [0.1, 0.15) is 12.2 Å². The molecule has 0 fully saturated rings. The van der Waals surface area contributed by atoms with Crippen molar-refractivity contribution < 1.29 is 4.79 Å². The number of hydrogen-bond acceptors (Lipinski definition) is 3. The van der Waals surface area contributed by atoms with Crippen LogP contribution in [0, 0.1) is 0 Å². The van der Waals surface area contributed by atoms with Gasteiger partial charge in [0, 0.05) is 21.1 Å². The fraction of sp³-hybridized carbons (Fsp3) is 0.250. The summed E-state index contributed by atoms with van der Waals surface area (Å²) in [6.45, 7) is 2.68. The number of rotatable bonds is 4. The Morgan fingerprint density at radius 1 is 1.39 bits per heavy atom. The highest BCUT2D eigenvalue weighted by atomic mass is 79.9. The number of halogens is 2. The molecular formula is C12H11Br2N3O. The van der Waals surface area contributed by atoms with Crippen LogP contribution < -0.4 is 0 Å². The topological polar surface area (TPSA) is 47.8 Å². The van der Waals surface area contributed by atoms with E-state index in [2.05, 4.69) is 41.9 Å². The van der Waals surface area contributed by atoms with E-state index >= 15 is 0 Å². The van der Waals surface area contributed by atoms with Crippen LogP contribution in [0.5, 0.6) is 0 Å². The first-order valence-corrected chi connectivity index (χ1v) is 7.05. The van der Waals surface area contributed by atoms with Gasteiger partial charge in [-0.15, -0.1) is 0 Å². The van der Waals surface area contributed by atoms with Gasteiger partial charge in [-0.1, -0.05) is 31.9 Å². The normalized spacial score (nSPS) is 10.6. The molecule has 0 radical (unpaired) electrons. The number of hydrogen-bond donors (Lipinski definition) is 0. The molecule has 0 saturated carbocycles. The molecule has 0 N–H and O–H groups in total. The summed E-state index contributed by atoms with van der Waals surface area (Å²) < 4.78 is 3.40. The molecule has 1 aromatic heterocycles. The summed E-state index contributed by atoms with van der Waals surface area (Å²) in [5.74, 6) is 0.709. The molecule has 18 heavy (non-hydrogen) atoms. The van der Waals surface area contributed by atoms with Gasteiger partial charge >= 0.3 is 0 Å². The van der Waals surface area contributed by atoms with Gasteiger partial charge in [0.15, 0.2) is 5.78 Å². The zero-order valence-corrected chi connectivity index (χ0v) is 12.9. The van der Waals surface area contributed by atoms with Crippen molar-refractivity contribution in [2.45, 2.75) is 19.9 Å². The maximum absolute atomic E-state index is 12.2. The van der Waals surface area contributed by atoms with Gasteiger partial charge in [-0.3, -0.25) is 4.79 Å². The minimum atomic E-state index is 0.0193.